The topological polar surface area (TPSA) is 78.4 Å². The Morgan fingerprint density at radius 2 is 1.88 bits per heavy atom. The molecule has 0 saturated heterocycles. The summed E-state index contributed by atoms with van der Waals surface area (Å²) in [5.41, 5.74) is 0.751. The van der Waals surface area contributed by atoms with E-state index in [1.165, 1.54) is 0 Å². The average Bonchev–Trinajstić information content (AvgIpc) is 2.27. The molecule has 5 nitrogen and oxygen atoms in total. The molecule has 0 aliphatic carbocycles. The lowest BCUT2D eigenvalue weighted by Gasteiger charge is -2.05. The molecule has 1 aromatic carbocycles. The lowest BCUT2D eigenvalue weighted by molar-refractivity contribution is -0.116. The maximum atomic E-state index is 11.5. The predicted octanol–water partition coefficient (Wildman–Crippen LogP) is 2.28. The fourth-order valence-corrected chi connectivity index (χ4v) is 1.56. The van der Waals surface area contributed by atoms with Gasteiger partial charge in [-0.05, 0) is 53.3 Å². The van der Waals surface area contributed by atoms with E-state index in [-0.39, 0.29) is 12.5 Å². The first kappa shape index (κ1) is 13.8. The second-order valence-corrected chi connectivity index (χ2v) is 4.64. The van der Waals surface area contributed by atoms with Crippen molar-refractivity contribution in [1.29, 1.82) is 0 Å². The summed E-state index contributed by atoms with van der Waals surface area (Å²) in [4.78, 5) is 21.6. The van der Waals surface area contributed by atoms with Crippen LogP contribution in [0, 0.1) is 3.57 Å². The highest BCUT2D eigenvalue weighted by Gasteiger charge is 2.02. The quantitative estimate of drug-likeness (QED) is 0.564. The van der Waals surface area contributed by atoms with Crippen LogP contribution in [0.25, 0.3) is 0 Å². The largest absolute Gasteiger partial charge is 0.465 e. The molecule has 3 N–H and O–H groups in total. The molecule has 1 aromatic rings. The van der Waals surface area contributed by atoms with Crippen LogP contribution in [-0.4, -0.2) is 23.7 Å². The van der Waals surface area contributed by atoms with Crippen LogP contribution in [0.15, 0.2) is 24.3 Å². The molecule has 0 aliphatic heterocycles. The van der Waals surface area contributed by atoms with Gasteiger partial charge in [-0.25, -0.2) is 4.79 Å². The highest BCUT2D eigenvalue weighted by Crippen LogP contribution is 2.11. The van der Waals surface area contributed by atoms with Crippen LogP contribution < -0.4 is 10.6 Å². The first-order valence-corrected chi connectivity index (χ1v) is 6.18. The lowest BCUT2D eigenvalue weighted by atomic mass is 10.2. The number of halogens is 1. The van der Waals surface area contributed by atoms with Gasteiger partial charge in [0.25, 0.3) is 0 Å². The molecule has 0 saturated carbocycles. The lowest BCUT2D eigenvalue weighted by Crippen LogP contribution is -2.23. The van der Waals surface area contributed by atoms with Gasteiger partial charge < -0.3 is 15.7 Å². The summed E-state index contributed by atoms with van der Waals surface area (Å²) < 4.78 is 1.10. The molecule has 17 heavy (non-hydrogen) atoms. The molecule has 1 rings (SSSR count). The van der Waals surface area contributed by atoms with Crippen molar-refractivity contribution in [1.82, 2.24) is 5.32 Å². The summed E-state index contributed by atoms with van der Waals surface area (Å²) in [6.45, 7) is 0.287. The van der Waals surface area contributed by atoms with E-state index in [1.807, 2.05) is 24.3 Å². The number of hydrogen-bond acceptors (Lipinski definition) is 2. The SMILES string of the molecule is O=C(O)NCCCC(=O)Nc1ccc(I)cc1. The summed E-state index contributed by atoms with van der Waals surface area (Å²) in [6, 6.07) is 7.47. The van der Waals surface area contributed by atoms with Gasteiger partial charge in [-0.1, -0.05) is 0 Å². The minimum Gasteiger partial charge on any atom is -0.465 e. The Hall–Kier alpha value is -1.31. The first-order chi connectivity index (χ1) is 8.08. The van der Waals surface area contributed by atoms with Crippen LogP contribution in [0.2, 0.25) is 0 Å². The van der Waals surface area contributed by atoms with Crippen molar-refractivity contribution in [2.24, 2.45) is 0 Å². The summed E-state index contributed by atoms with van der Waals surface area (Å²) in [6.07, 6.45) is -0.280. The van der Waals surface area contributed by atoms with Gasteiger partial charge in [0.05, 0.1) is 0 Å². The monoisotopic (exact) mass is 348 g/mol. The van der Waals surface area contributed by atoms with Crippen molar-refractivity contribution in [2.45, 2.75) is 12.8 Å². The average molecular weight is 348 g/mol. The molecule has 2 amide bonds. The zero-order valence-electron chi connectivity index (χ0n) is 9.07. The molecule has 92 valence electrons. The maximum Gasteiger partial charge on any atom is 0.404 e. The number of amides is 2. The minimum absolute atomic E-state index is 0.113. The Bertz CT molecular complexity index is 392. The minimum atomic E-state index is -1.07. The number of carbonyl (C=O) groups is 2. The smallest absolute Gasteiger partial charge is 0.404 e. The van der Waals surface area contributed by atoms with Gasteiger partial charge in [-0.2, -0.15) is 0 Å². The molecular formula is C11H13IN2O3. The van der Waals surface area contributed by atoms with Gasteiger partial charge in [0, 0.05) is 22.2 Å². The normalized spacial score (nSPS) is 9.71. The van der Waals surface area contributed by atoms with Crippen molar-refractivity contribution < 1.29 is 14.7 Å². The maximum absolute atomic E-state index is 11.5. The van der Waals surface area contributed by atoms with Crippen LogP contribution >= 0.6 is 22.6 Å². The van der Waals surface area contributed by atoms with Crippen molar-refractivity contribution in [3.63, 3.8) is 0 Å². The molecule has 0 heterocycles. The highest BCUT2D eigenvalue weighted by atomic mass is 127. The van der Waals surface area contributed by atoms with E-state index in [4.69, 9.17) is 5.11 Å². The molecule has 0 aromatic heterocycles. The van der Waals surface area contributed by atoms with Crippen molar-refractivity contribution >= 4 is 40.3 Å². The van der Waals surface area contributed by atoms with Crippen LogP contribution in [0.5, 0.6) is 0 Å². The third-order valence-corrected chi connectivity index (χ3v) is 2.70. The van der Waals surface area contributed by atoms with Gasteiger partial charge in [-0.3, -0.25) is 4.79 Å². The highest BCUT2D eigenvalue weighted by molar-refractivity contribution is 14.1. The molecule has 0 fully saturated rings. The zero-order valence-corrected chi connectivity index (χ0v) is 11.2. The Balaban J connectivity index is 2.25. The van der Waals surface area contributed by atoms with E-state index in [0.29, 0.717) is 12.8 Å². The van der Waals surface area contributed by atoms with Crippen LogP contribution in [0.3, 0.4) is 0 Å². The van der Waals surface area contributed by atoms with E-state index >= 15 is 0 Å². The number of anilines is 1. The number of nitrogens with one attached hydrogen (secondary N) is 2. The summed E-state index contributed by atoms with van der Waals surface area (Å²) in [5.74, 6) is -0.113. The van der Waals surface area contributed by atoms with E-state index in [2.05, 4.69) is 33.2 Å². The number of benzene rings is 1. The Kier molecular flexibility index (Phi) is 5.75. The Morgan fingerprint density at radius 3 is 2.47 bits per heavy atom. The first-order valence-electron chi connectivity index (χ1n) is 5.10. The molecule has 0 atom stereocenters. The van der Waals surface area contributed by atoms with Crippen LogP contribution in [-0.2, 0) is 4.79 Å². The number of carboxylic acid groups (broad SMARTS) is 1. The van der Waals surface area contributed by atoms with Gasteiger partial charge in [0.2, 0.25) is 5.91 Å². The van der Waals surface area contributed by atoms with Crippen LogP contribution in [0.1, 0.15) is 12.8 Å². The summed E-state index contributed by atoms with van der Waals surface area (Å²) in [7, 11) is 0. The number of hydrogen-bond donors (Lipinski definition) is 3. The second kappa shape index (κ2) is 7.10. The van der Waals surface area contributed by atoms with Crippen LogP contribution in [0.4, 0.5) is 10.5 Å². The Morgan fingerprint density at radius 1 is 1.24 bits per heavy atom. The van der Waals surface area contributed by atoms with E-state index in [0.717, 1.165) is 9.26 Å². The second-order valence-electron chi connectivity index (χ2n) is 3.39. The van der Waals surface area contributed by atoms with Gasteiger partial charge in [0.15, 0.2) is 0 Å². The molecular weight excluding hydrogens is 335 g/mol. The summed E-state index contributed by atoms with van der Waals surface area (Å²) in [5, 5.41) is 13.3. The third kappa shape index (κ3) is 6.10. The zero-order chi connectivity index (χ0) is 12.7. The predicted molar refractivity (Wildman–Crippen MR) is 73.1 cm³/mol. The Labute approximate surface area is 113 Å². The van der Waals surface area contributed by atoms with E-state index in [9.17, 15) is 9.59 Å². The van der Waals surface area contributed by atoms with Gasteiger partial charge in [0.1, 0.15) is 0 Å². The standard InChI is InChI=1S/C11H13IN2O3/c12-8-3-5-9(6-4-8)14-10(15)2-1-7-13-11(16)17/h3-6,13H,1-2,7H2,(H,14,15)(H,16,17). The number of carbonyl (C=O) groups excluding carboxylic acids is 1. The third-order valence-electron chi connectivity index (χ3n) is 1.98. The number of rotatable bonds is 5. The molecule has 0 radical (unpaired) electrons. The van der Waals surface area contributed by atoms with Gasteiger partial charge >= 0.3 is 6.09 Å². The van der Waals surface area contributed by atoms with Crippen molar-refractivity contribution in [3.05, 3.63) is 27.8 Å². The molecule has 0 aliphatic rings. The fourth-order valence-electron chi connectivity index (χ4n) is 1.20. The van der Waals surface area contributed by atoms with E-state index < -0.39 is 6.09 Å². The fraction of sp³-hybridized carbons (Fsp3) is 0.273. The molecule has 6 heteroatoms. The molecule has 0 unspecified atom stereocenters. The van der Waals surface area contributed by atoms with Crippen molar-refractivity contribution in [2.75, 3.05) is 11.9 Å². The van der Waals surface area contributed by atoms with E-state index in [1.54, 1.807) is 0 Å². The summed E-state index contributed by atoms with van der Waals surface area (Å²) >= 11 is 2.19. The molecule has 0 spiro atoms. The van der Waals surface area contributed by atoms with Crippen molar-refractivity contribution in [3.8, 4) is 0 Å². The van der Waals surface area contributed by atoms with Gasteiger partial charge in [-0.15, -0.1) is 0 Å². The molecule has 0 bridgehead atoms.